The topological polar surface area (TPSA) is 15.3 Å². The van der Waals surface area contributed by atoms with Gasteiger partial charge in [0.05, 0.1) is 5.82 Å². The van der Waals surface area contributed by atoms with Crippen LogP contribution in [0.1, 0.15) is 19.8 Å². The number of nitrogens with zero attached hydrogens (tertiary/aromatic N) is 1. The van der Waals surface area contributed by atoms with E-state index >= 15 is 0 Å². The zero-order valence-corrected chi connectivity index (χ0v) is 7.28. The fourth-order valence-electron chi connectivity index (χ4n) is 0.568. The van der Waals surface area contributed by atoms with Gasteiger partial charge in [-0.15, -0.1) is 0 Å². The zero-order chi connectivity index (χ0) is 7.98. The van der Waals surface area contributed by atoms with E-state index in [0.29, 0.717) is 0 Å². The zero-order valence-electron chi connectivity index (χ0n) is 7.28. The van der Waals surface area contributed by atoms with Gasteiger partial charge in [0, 0.05) is 20.6 Å². The molecular weight excluding hydrogens is 124 g/mol. The van der Waals surface area contributed by atoms with Crippen LogP contribution in [0.5, 0.6) is 0 Å². The highest BCUT2D eigenvalue weighted by Crippen LogP contribution is 1.89. The maximum absolute atomic E-state index is 3.84. The Hall–Kier alpha value is -0.660. The first kappa shape index (κ1) is 9.34. The Morgan fingerprint density at radius 2 is 2.10 bits per heavy atom. The highest BCUT2D eigenvalue weighted by molar-refractivity contribution is 4.86. The van der Waals surface area contributed by atoms with Crippen molar-refractivity contribution in [3.8, 4) is 0 Å². The van der Waals surface area contributed by atoms with Crippen molar-refractivity contribution in [1.82, 2.24) is 10.2 Å². The maximum atomic E-state index is 3.84. The lowest BCUT2D eigenvalue weighted by Crippen LogP contribution is -2.25. The number of hydrogen-bond donors (Lipinski definition) is 1. The summed E-state index contributed by atoms with van der Waals surface area (Å²) in [7, 11) is 3.97. The van der Waals surface area contributed by atoms with Crippen LogP contribution in [0.3, 0.4) is 0 Å². The minimum atomic E-state index is 0.994. The molecule has 0 atom stereocenters. The Balaban J connectivity index is 3.22. The van der Waals surface area contributed by atoms with E-state index < -0.39 is 0 Å². The van der Waals surface area contributed by atoms with Gasteiger partial charge in [-0.1, -0.05) is 19.9 Å². The lowest BCUT2D eigenvalue weighted by molar-refractivity contribution is 0.460. The average molecular weight is 142 g/mol. The average Bonchev–Trinajstić information content (AvgIpc) is 1.88. The monoisotopic (exact) mass is 142 g/mol. The lowest BCUT2D eigenvalue weighted by atomic mass is 10.3. The largest absolute Gasteiger partial charge is 0.372 e. The summed E-state index contributed by atoms with van der Waals surface area (Å²) in [5, 5.41) is 3.21. The second-order valence-electron chi connectivity index (χ2n) is 2.62. The van der Waals surface area contributed by atoms with E-state index in [0.717, 1.165) is 12.4 Å². The Kier molecular flexibility index (Phi) is 4.81. The number of rotatable bonds is 5. The highest BCUT2D eigenvalue weighted by atomic mass is 15.2. The highest BCUT2D eigenvalue weighted by Gasteiger charge is 1.91. The van der Waals surface area contributed by atoms with Crippen molar-refractivity contribution < 1.29 is 0 Å². The molecule has 0 rings (SSSR count). The quantitative estimate of drug-likeness (QED) is 0.584. The molecule has 0 aliphatic rings. The molecule has 0 saturated carbocycles. The van der Waals surface area contributed by atoms with Gasteiger partial charge in [0.2, 0.25) is 0 Å². The molecule has 2 nitrogen and oxygen atoms in total. The molecule has 0 spiro atoms. The molecular formula is C8H18N2. The van der Waals surface area contributed by atoms with Gasteiger partial charge in [-0.05, 0) is 6.42 Å². The minimum absolute atomic E-state index is 0.994. The SMILES string of the molecule is C=C(NCCCC)N(C)C. The van der Waals surface area contributed by atoms with Crippen molar-refractivity contribution in [3.63, 3.8) is 0 Å². The molecule has 0 aromatic rings. The first-order valence-corrected chi connectivity index (χ1v) is 3.78. The molecule has 2 heteroatoms. The summed E-state index contributed by atoms with van der Waals surface area (Å²) in [5.41, 5.74) is 0. The van der Waals surface area contributed by atoms with Gasteiger partial charge in [-0.2, -0.15) is 0 Å². The number of nitrogens with one attached hydrogen (secondary N) is 1. The Labute approximate surface area is 63.9 Å². The number of unbranched alkanes of at least 4 members (excludes halogenated alkanes) is 1. The normalized spacial score (nSPS) is 9.10. The van der Waals surface area contributed by atoms with Crippen molar-refractivity contribution in [2.45, 2.75) is 19.8 Å². The molecule has 0 bridgehead atoms. The standard InChI is InChI=1S/C8H18N2/c1-5-6-7-9-8(2)10(3)4/h9H,2,5-7H2,1,3-4H3. The van der Waals surface area contributed by atoms with Crippen molar-refractivity contribution in [2.24, 2.45) is 0 Å². The van der Waals surface area contributed by atoms with Crippen molar-refractivity contribution >= 4 is 0 Å². The maximum Gasteiger partial charge on any atom is 0.0933 e. The molecule has 0 heterocycles. The fraction of sp³-hybridized carbons (Fsp3) is 0.750. The van der Waals surface area contributed by atoms with Gasteiger partial charge < -0.3 is 10.2 Å². The van der Waals surface area contributed by atoms with Gasteiger partial charge in [0.25, 0.3) is 0 Å². The predicted molar refractivity (Wildman–Crippen MR) is 45.7 cm³/mol. The third-order valence-electron chi connectivity index (χ3n) is 1.40. The van der Waals surface area contributed by atoms with Crippen molar-refractivity contribution in [3.05, 3.63) is 12.4 Å². The van der Waals surface area contributed by atoms with Crippen LogP contribution in [0.25, 0.3) is 0 Å². The second kappa shape index (κ2) is 5.15. The number of hydrogen-bond acceptors (Lipinski definition) is 2. The Morgan fingerprint density at radius 3 is 2.50 bits per heavy atom. The fourth-order valence-corrected chi connectivity index (χ4v) is 0.568. The molecule has 0 aliphatic heterocycles. The first-order chi connectivity index (χ1) is 4.68. The molecule has 0 amide bonds. The molecule has 0 radical (unpaired) electrons. The Morgan fingerprint density at radius 1 is 1.50 bits per heavy atom. The van der Waals surface area contributed by atoms with E-state index in [1.165, 1.54) is 12.8 Å². The smallest absolute Gasteiger partial charge is 0.0933 e. The van der Waals surface area contributed by atoms with E-state index in [4.69, 9.17) is 0 Å². The molecule has 0 aliphatic carbocycles. The molecule has 0 unspecified atom stereocenters. The summed E-state index contributed by atoms with van der Waals surface area (Å²) < 4.78 is 0. The van der Waals surface area contributed by atoms with Crippen LogP contribution < -0.4 is 5.32 Å². The molecule has 0 fully saturated rings. The molecule has 60 valence electrons. The van der Waals surface area contributed by atoms with Crippen molar-refractivity contribution in [2.75, 3.05) is 20.6 Å². The lowest BCUT2D eigenvalue weighted by Gasteiger charge is -2.16. The molecule has 1 N–H and O–H groups in total. The van der Waals surface area contributed by atoms with E-state index in [9.17, 15) is 0 Å². The van der Waals surface area contributed by atoms with Gasteiger partial charge >= 0.3 is 0 Å². The molecule has 0 aromatic heterocycles. The second-order valence-corrected chi connectivity index (χ2v) is 2.62. The first-order valence-electron chi connectivity index (χ1n) is 3.78. The third-order valence-corrected chi connectivity index (χ3v) is 1.40. The van der Waals surface area contributed by atoms with Crippen LogP contribution in [0.4, 0.5) is 0 Å². The summed E-state index contributed by atoms with van der Waals surface area (Å²) in [5.74, 6) is 0.994. The van der Waals surface area contributed by atoms with Crippen LogP contribution in [0.15, 0.2) is 12.4 Å². The van der Waals surface area contributed by atoms with E-state index in [1.807, 2.05) is 19.0 Å². The Bertz CT molecular complexity index is 97.4. The van der Waals surface area contributed by atoms with Gasteiger partial charge in [-0.25, -0.2) is 0 Å². The van der Waals surface area contributed by atoms with Gasteiger partial charge in [-0.3, -0.25) is 0 Å². The van der Waals surface area contributed by atoms with E-state index in [1.54, 1.807) is 0 Å². The summed E-state index contributed by atoms with van der Waals surface area (Å²) >= 11 is 0. The summed E-state index contributed by atoms with van der Waals surface area (Å²) in [6.07, 6.45) is 2.45. The van der Waals surface area contributed by atoms with Crippen molar-refractivity contribution in [1.29, 1.82) is 0 Å². The van der Waals surface area contributed by atoms with E-state index in [-0.39, 0.29) is 0 Å². The van der Waals surface area contributed by atoms with Gasteiger partial charge in [0.1, 0.15) is 0 Å². The molecule has 10 heavy (non-hydrogen) atoms. The van der Waals surface area contributed by atoms with Crippen LogP contribution in [-0.4, -0.2) is 25.5 Å². The summed E-state index contributed by atoms with van der Waals surface area (Å²) in [4.78, 5) is 1.98. The third kappa shape index (κ3) is 4.24. The van der Waals surface area contributed by atoms with Crippen LogP contribution in [0, 0.1) is 0 Å². The summed E-state index contributed by atoms with van der Waals surface area (Å²) in [6, 6.07) is 0. The summed E-state index contributed by atoms with van der Waals surface area (Å²) in [6.45, 7) is 7.06. The minimum Gasteiger partial charge on any atom is -0.372 e. The van der Waals surface area contributed by atoms with Crippen LogP contribution in [-0.2, 0) is 0 Å². The molecule has 0 aromatic carbocycles. The molecule has 0 saturated heterocycles. The predicted octanol–water partition coefficient (Wildman–Crippen LogP) is 1.41. The van der Waals surface area contributed by atoms with Crippen LogP contribution in [0.2, 0.25) is 0 Å². The van der Waals surface area contributed by atoms with Crippen LogP contribution >= 0.6 is 0 Å². The van der Waals surface area contributed by atoms with E-state index in [2.05, 4.69) is 18.8 Å². The van der Waals surface area contributed by atoms with Gasteiger partial charge in [0.15, 0.2) is 0 Å².